The minimum atomic E-state index is -0.598. The number of nitriles is 1. The first-order valence-corrected chi connectivity index (χ1v) is 8.49. The lowest BCUT2D eigenvalue weighted by molar-refractivity contribution is -0.112. The molecular formula is C22H17N3O3. The molecule has 6 heteroatoms. The van der Waals surface area contributed by atoms with Gasteiger partial charge in [0.15, 0.2) is 5.78 Å². The zero-order valence-corrected chi connectivity index (χ0v) is 15.1. The number of hydrogen-bond donors (Lipinski definition) is 3. The van der Waals surface area contributed by atoms with E-state index in [-0.39, 0.29) is 17.1 Å². The Hall–Kier alpha value is -4.11. The molecule has 3 N–H and O–H groups in total. The number of carbonyl (C=O) groups excluding carboxylic acids is 2. The van der Waals surface area contributed by atoms with Crippen molar-refractivity contribution >= 4 is 33.8 Å². The number of amides is 1. The number of nitrogens with zero attached hydrogens (tertiary/aromatic N) is 1. The minimum absolute atomic E-state index is 0.118. The number of benzene rings is 3. The summed E-state index contributed by atoms with van der Waals surface area (Å²) >= 11 is 0. The molecule has 1 amide bonds. The maximum absolute atomic E-state index is 12.4. The number of ketones is 1. The molecule has 3 aromatic carbocycles. The average Bonchev–Trinajstić information content (AvgIpc) is 2.69. The Morgan fingerprint density at radius 2 is 1.75 bits per heavy atom. The normalized spacial score (nSPS) is 10.9. The molecule has 0 saturated heterocycles. The number of fused-ring (bicyclic) bond motifs is 1. The molecule has 0 aliphatic rings. The summed E-state index contributed by atoms with van der Waals surface area (Å²) in [5.41, 5.74) is 1.40. The molecule has 0 saturated carbocycles. The Labute approximate surface area is 161 Å². The van der Waals surface area contributed by atoms with Gasteiger partial charge in [-0.1, -0.05) is 36.4 Å². The number of phenols is 1. The fourth-order valence-electron chi connectivity index (χ4n) is 2.73. The zero-order valence-electron chi connectivity index (χ0n) is 15.1. The molecule has 0 heterocycles. The van der Waals surface area contributed by atoms with Crippen LogP contribution in [-0.2, 0) is 4.79 Å². The molecule has 0 unspecified atom stereocenters. The largest absolute Gasteiger partial charge is 0.507 e. The van der Waals surface area contributed by atoms with Gasteiger partial charge in [0, 0.05) is 33.9 Å². The number of nitrogens with one attached hydrogen (secondary N) is 2. The van der Waals surface area contributed by atoms with Crippen LogP contribution in [0.1, 0.15) is 17.3 Å². The number of hydrogen-bond acceptors (Lipinski definition) is 5. The molecule has 0 aromatic heterocycles. The lowest BCUT2D eigenvalue weighted by Gasteiger charge is -2.09. The van der Waals surface area contributed by atoms with Gasteiger partial charge in [-0.15, -0.1) is 0 Å². The molecule has 0 aliphatic heterocycles. The Kier molecular flexibility index (Phi) is 5.38. The van der Waals surface area contributed by atoms with Gasteiger partial charge in [-0.25, -0.2) is 0 Å². The van der Waals surface area contributed by atoms with Gasteiger partial charge in [0.1, 0.15) is 17.4 Å². The molecule has 3 aromatic rings. The van der Waals surface area contributed by atoms with Crippen LogP contribution in [0.15, 0.2) is 72.4 Å². The molecule has 138 valence electrons. The quantitative estimate of drug-likeness (QED) is 0.354. The highest BCUT2D eigenvalue weighted by molar-refractivity contribution is 6.07. The molecule has 0 spiro atoms. The van der Waals surface area contributed by atoms with Crippen molar-refractivity contribution in [2.45, 2.75) is 6.92 Å². The summed E-state index contributed by atoms with van der Waals surface area (Å²) in [5.74, 6) is -0.569. The van der Waals surface area contributed by atoms with Crippen molar-refractivity contribution in [2.75, 3.05) is 10.6 Å². The van der Waals surface area contributed by atoms with E-state index in [9.17, 15) is 20.0 Å². The highest BCUT2D eigenvalue weighted by Crippen LogP contribution is 2.29. The summed E-state index contributed by atoms with van der Waals surface area (Å²) in [6.07, 6.45) is 1.31. The van der Waals surface area contributed by atoms with Gasteiger partial charge < -0.3 is 15.7 Å². The van der Waals surface area contributed by atoms with E-state index in [0.717, 1.165) is 5.39 Å². The van der Waals surface area contributed by atoms with Crippen molar-refractivity contribution in [1.29, 1.82) is 5.26 Å². The number of anilines is 2. The van der Waals surface area contributed by atoms with Crippen molar-refractivity contribution in [3.05, 3.63) is 78.0 Å². The molecule has 0 aliphatic carbocycles. The van der Waals surface area contributed by atoms with Crippen molar-refractivity contribution in [1.82, 2.24) is 0 Å². The van der Waals surface area contributed by atoms with Gasteiger partial charge in [0.25, 0.3) is 5.91 Å². The van der Waals surface area contributed by atoms with E-state index in [1.807, 2.05) is 12.1 Å². The number of aromatic hydroxyl groups is 1. The fraction of sp³-hybridized carbons (Fsp3) is 0.0455. The second kappa shape index (κ2) is 8.06. The SMILES string of the molecule is CC(=O)c1cccc(NC(=O)/C(C#N)=C\Nc2cccc3c(O)cccc23)c1. The first-order valence-electron chi connectivity index (χ1n) is 8.49. The van der Waals surface area contributed by atoms with Crippen molar-refractivity contribution in [3.63, 3.8) is 0 Å². The molecule has 0 fully saturated rings. The second-order valence-corrected chi connectivity index (χ2v) is 6.08. The lowest BCUT2D eigenvalue weighted by atomic mass is 10.1. The van der Waals surface area contributed by atoms with Gasteiger partial charge in [0.05, 0.1) is 0 Å². The lowest BCUT2D eigenvalue weighted by Crippen LogP contribution is -2.15. The monoisotopic (exact) mass is 371 g/mol. The van der Waals surface area contributed by atoms with Gasteiger partial charge in [-0.3, -0.25) is 9.59 Å². The maximum atomic E-state index is 12.4. The highest BCUT2D eigenvalue weighted by atomic mass is 16.3. The molecule has 0 atom stereocenters. The van der Waals surface area contributed by atoms with Crippen LogP contribution in [0, 0.1) is 11.3 Å². The third-order valence-corrected chi connectivity index (χ3v) is 4.16. The zero-order chi connectivity index (χ0) is 20.1. The van der Waals surface area contributed by atoms with E-state index >= 15 is 0 Å². The van der Waals surface area contributed by atoms with E-state index < -0.39 is 5.91 Å². The fourth-order valence-corrected chi connectivity index (χ4v) is 2.73. The topological polar surface area (TPSA) is 102 Å². The van der Waals surface area contributed by atoms with Gasteiger partial charge in [0.2, 0.25) is 0 Å². The van der Waals surface area contributed by atoms with Crippen LogP contribution in [0.25, 0.3) is 10.8 Å². The van der Waals surface area contributed by atoms with Crippen LogP contribution < -0.4 is 10.6 Å². The van der Waals surface area contributed by atoms with Gasteiger partial charge in [-0.2, -0.15) is 5.26 Å². The van der Waals surface area contributed by atoms with Crippen molar-refractivity contribution in [2.24, 2.45) is 0 Å². The first-order chi connectivity index (χ1) is 13.5. The van der Waals surface area contributed by atoms with Crippen LogP contribution in [0.2, 0.25) is 0 Å². The highest BCUT2D eigenvalue weighted by Gasteiger charge is 2.11. The molecule has 0 radical (unpaired) electrons. The summed E-state index contributed by atoms with van der Waals surface area (Å²) in [7, 11) is 0. The van der Waals surface area contributed by atoms with E-state index in [0.29, 0.717) is 22.3 Å². The number of carbonyl (C=O) groups is 2. The minimum Gasteiger partial charge on any atom is -0.507 e. The van der Waals surface area contributed by atoms with Crippen LogP contribution in [0.5, 0.6) is 5.75 Å². The standard InChI is InChI=1S/C22H17N3O3/c1-14(26)15-5-2-6-17(11-15)25-22(28)16(12-23)13-24-20-9-3-8-19-18(20)7-4-10-21(19)27/h2-11,13,24,27H,1H3,(H,25,28)/b16-13-. The summed E-state index contributed by atoms with van der Waals surface area (Å²) in [6.45, 7) is 1.44. The Balaban J connectivity index is 1.82. The van der Waals surface area contributed by atoms with Crippen LogP contribution in [-0.4, -0.2) is 16.8 Å². The van der Waals surface area contributed by atoms with E-state index in [2.05, 4.69) is 10.6 Å². The van der Waals surface area contributed by atoms with Gasteiger partial charge in [-0.05, 0) is 31.2 Å². The average molecular weight is 371 g/mol. The van der Waals surface area contributed by atoms with E-state index in [1.165, 1.54) is 13.1 Å². The molecular weight excluding hydrogens is 354 g/mol. The Morgan fingerprint density at radius 3 is 2.50 bits per heavy atom. The van der Waals surface area contributed by atoms with Crippen LogP contribution >= 0.6 is 0 Å². The third kappa shape index (κ3) is 4.00. The number of phenolic OH excluding ortho intramolecular Hbond substituents is 1. The third-order valence-electron chi connectivity index (χ3n) is 4.16. The molecule has 0 bridgehead atoms. The predicted molar refractivity (Wildman–Crippen MR) is 108 cm³/mol. The molecule has 3 rings (SSSR count). The van der Waals surface area contributed by atoms with Crippen LogP contribution in [0.3, 0.4) is 0 Å². The summed E-state index contributed by atoms with van der Waals surface area (Å²) < 4.78 is 0. The number of rotatable bonds is 5. The first kappa shape index (κ1) is 18.7. The van der Waals surface area contributed by atoms with Gasteiger partial charge >= 0.3 is 0 Å². The summed E-state index contributed by atoms with van der Waals surface area (Å²) in [6, 6.07) is 18.8. The summed E-state index contributed by atoms with van der Waals surface area (Å²) in [4.78, 5) is 23.9. The number of Topliss-reactive ketones (excluding diaryl/α,β-unsaturated/α-hetero) is 1. The second-order valence-electron chi connectivity index (χ2n) is 6.08. The maximum Gasteiger partial charge on any atom is 0.267 e. The summed E-state index contributed by atoms with van der Waals surface area (Å²) in [5, 5.41) is 26.3. The van der Waals surface area contributed by atoms with Crippen LogP contribution in [0.4, 0.5) is 11.4 Å². The molecule has 28 heavy (non-hydrogen) atoms. The van der Waals surface area contributed by atoms with Crippen molar-refractivity contribution < 1.29 is 14.7 Å². The Morgan fingerprint density at radius 1 is 1.04 bits per heavy atom. The molecule has 6 nitrogen and oxygen atoms in total. The van der Waals surface area contributed by atoms with E-state index in [1.54, 1.807) is 54.6 Å². The predicted octanol–water partition coefficient (Wildman–Crippen LogP) is 4.21. The smallest absolute Gasteiger partial charge is 0.267 e. The van der Waals surface area contributed by atoms with E-state index in [4.69, 9.17) is 0 Å². The van der Waals surface area contributed by atoms with Crippen molar-refractivity contribution in [3.8, 4) is 11.8 Å². The Bertz CT molecular complexity index is 1140.